The third-order valence-corrected chi connectivity index (χ3v) is 4.82. The third-order valence-electron chi connectivity index (χ3n) is 4.82. The molecule has 0 bridgehead atoms. The molecule has 1 fully saturated rings. The Morgan fingerprint density at radius 2 is 1.96 bits per heavy atom. The van der Waals surface area contributed by atoms with Crippen molar-refractivity contribution in [3.63, 3.8) is 0 Å². The topological polar surface area (TPSA) is 107 Å². The number of anilines is 2. The van der Waals surface area contributed by atoms with Gasteiger partial charge in [0.2, 0.25) is 0 Å². The zero-order chi connectivity index (χ0) is 18.3. The first-order chi connectivity index (χ1) is 12.6. The Morgan fingerprint density at radius 3 is 2.65 bits per heavy atom. The molecule has 0 aliphatic carbocycles. The fourth-order valence-corrected chi connectivity index (χ4v) is 3.53. The second-order valence-corrected chi connectivity index (χ2v) is 6.56. The highest BCUT2D eigenvalue weighted by Gasteiger charge is 2.23. The van der Waals surface area contributed by atoms with Crippen LogP contribution in [0, 0.1) is 6.92 Å². The Kier molecular flexibility index (Phi) is 4.02. The van der Waals surface area contributed by atoms with Gasteiger partial charge in [-0.3, -0.25) is 4.79 Å². The highest BCUT2D eigenvalue weighted by atomic mass is 16.5. The van der Waals surface area contributed by atoms with E-state index in [4.69, 9.17) is 4.52 Å². The molecule has 8 nitrogen and oxygen atoms in total. The number of carbonyl (C=O) groups is 1. The van der Waals surface area contributed by atoms with Crippen molar-refractivity contribution in [1.82, 2.24) is 15.1 Å². The lowest BCUT2D eigenvalue weighted by Gasteiger charge is -2.21. The number of rotatable bonds is 4. The summed E-state index contributed by atoms with van der Waals surface area (Å²) < 4.78 is 5.18. The number of aryl methyl sites for hydroxylation is 2. The monoisotopic (exact) mass is 355 g/mol. The lowest BCUT2D eigenvalue weighted by atomic mass is 10.1. The van der Waals surface area contributed by atoms with Gasteiger partial charge < -0.3 is 24.7 Å². The van der Waals surface area contributed by atoms with Gasteiger partial charge >= 0.3 is 5.69 Å². The number of hydrogen-bond donors (Lipinski definition) is 3. The molecule has 0 saturated carbocycles. The van der Waals surface area contributed by atoms with Crippen LogP contribution >= 0.6 is 0 Å². The normalized spacial score (nSPS) is 14.3. The van der Waals surface area contributed by atoms with Gasteiger partial charge in [0.05, 0.1) is 28.1 Å². The molecule has 3 aromatic rings. The van der Waals surface area contributed by atoms with Crippen LogP contribution in [-0.2, 0) is 6.42 Å². The Morgan fingerprint density at radius 1 is 1.27 bits per heavy atom. The van der Waals surface area contributed by atoms with E-state index in [1.807, 2.05) is 13.0 Å². The van der Waals surface area contributed by atoms with E-state index >= 15 is 0 Å². The maximum absolute atomic E-state index is 12.9. The third kappa shape index (κ3) is 2.77. The molecular weight excluding hydrogens is 334 g/mol. The predicted octanol–water partition coefficient (Wildman–Crippen LogP) is 2.57. The van der Waals surface area contributed by atoms with Crippen LogP contribution in [0.2, 0.25) is 0 Å². The minimum Gasteiger partial charge on any atom is -0.370 e. The SMILES string of the molecule is CCc1noc(C)c1C(=O)Nc1cc2[nH]c(=O)[nH]c2cc1N1CCCC1. The van der Waals surface area contributed by atoms with E-state index < -0.39 is 0 Å². The van der Waals surface area contributed by atoms with Gasteiger partial charge in [0.15, 0.2) is 0 Å². The highest BCUT2D eigenvalue weighted by molar-refractivity contribution is 6.08. The molecule has 0 spiro atoms. The molecular formula is C18H21N5O3. The second-order valence-electron chi connectivity index (χ2n) is 6.56. The molecule has 0 unspecified atom stereocenters. The molecule has 3 heterocycles. The zero-order valence-electron chi connectivity index (χ0n) is 14.8. The molecule has 8 heteroatoms. The fourth-order valence-electron chi connectivity index (χ4n) is 3.53. The first-order valence-corrected chi connectivity index (χ1v) is 8.84. The van der Waals surface area contributed by atoms with Crippen molar-refractivity contribution in [2.24, 2.45) is 0 Å². The second kappa shape index (κ2) is 6.36. The van der Waals surface area contributed by atoms with Crippen LogP contribution in [0.1, 0.15) is 41.6 Å². The molecule has 1 aromatic carbocycles. The fraction of sp³-hybridized carbons (Fsp3) is 0.389. The van der Waals surface area contributed by atoms with E-state index in [0.29, 0.717) is 34.6 Å². The van der Waals surface area contributed by atoms with Gasteiger partial charge in [0.25, 0.3) is 5.91 Å². The minimum atomic E-state index is -0.265. The van der Waals surface area contributed by atoms with Crippen molar-refractivity contribution >= 4 is 28.3 Å². The molecule has 1 aliphatic rings. The lowest BCUT2D eigenvalue weighted by molar-refractivity contribution is 0.102. The average molecular weight is 355 g/mol. The van der Waals surface area contributed by atoms with Crippen molar-refractivity contribution in [1.29, 1.82) is 0 Å². The van der Waals surface area contributed by atoms with Gasteiger partial charge in [0.1, 0.15) is 11.3 Å². The summed E-state index contributed by atoms with van der Waals surface area (Å²) in [4.78, 5) is 32.3. The number of amides is 1. The summed E-state index contributed by atoms with van der Waals surface area (Å²) in [5.74, 6) is 0.247. The van der Waals surface area contributed by atoms with Gasteiger partial charge in [-0.25, -0.2) is 4.79 Å². The molecule has 26 heavy (non-hydrogen) atoms. The van der Waals surface area contributed by atoms with Crippen LogP contribution in [0.4, 0.5) is 11.4 Å². The Hall–Kier alpha value is -3.03. The Labute approximate surface area is 149 Å². The number of hydrogen-bond acceptors (Lipinski definition) is 5. The summed E-state index contributed by atoms with van der Waals surface area (Å²) in [7, 11) is 0. The summed E-state index contributed by atoms with van der Waals surface area (Å²) in [5.41, 5.74) is 3.81. The average Bonchev–Trinajstić information content (AvgIpc) is 3.32. The Bertz CT molecular complexity index is 1020. The van der Waals surface area contributed by atoms with E-state index in [1.54, 1.807) is 13.0 Å². The first kappa shape index (κ1) is 16.4. The van der Waals surface area contributed by atoms with Crippen molar-refractivity contribution in [2.75, 3.05) is 23.3 Å². The number of aromatic nitrogens is 3. The van der Waals surface area contributed by atoms with Crippen LogP contribution in [0.15, 0.2) is 21.5 Å². The molecule has 3 N–H and O–H groups in total. The molecule has 2 aromatic heterocycles. The minimum absolute atomic E-state index is 0.252. The summed E-state index contributed by atoms with van der Waals surface area (Å²) in [6.07, 6.45) is 2.84. The highest BCUT2D eigenvalue weighted by Crippen LogP contribution is 2.32. The number of aromatic amines is 2. The number of benzene rings is 1. The van der Waals surface area contributed by atoms with Gasteiger partial charge in [-0.05, 0) is 38.3 Å². The van der Waals surface area contributed by atoms with E-state index in [9.17, 15) is 9.59 Å². The zero-order valence-corrected chi connectivity index (χ0v) is 14.8. The Balaban J connectivity index is 1.76. The van der Waals surface area contributed by atoms with Crippen molar-refractivity contribution < 1.29 is 9.32 Å². The van der Waals surface area contributed by atoms with Crippen LogP contribution in [0.3, 0.4) is 0 Å². The van der Waals surface area contributed by atoms with Crippen LogP contribution in [0.5, 0.6) is 0 Å². The maximum Gasteiger partial charge on any atom is 0.323 e. The first-order valence-electron chi connectivity index (χ1n) is 8.84. The van der Waals surface area contributed by atoms with Gasteiger partial charge in [-0.15, -0.1) is 0 Å². The molecule has 0 atom stereocenters. The van der Waals surface area contributed by atoms with Crippen molar-refractivity contribution in [3.05, 3.63) is 39.6 Å². The smallest absolute Gasteiger partial charge is 0.323 e. The predicted molar refractivity (Wildman–Crippen MR) is 98.9 cm³/mol. The van der Waals surface area contributed by atoms with E-state index in [0.717, 1.165) is 37.1 Å². The number of nitrogens with one attached hydrogen (secondary N) is 3. The van der Waals surface area contributed by atoms with Gasteiger partial charge in [-0.1, -0.05) is 12.1 Å². The number of imidazole rings is 1. The maximum atomic E-state index is 12.9. The quantitative estimate of drug-likeness (QED) is 0.667. The molecule has 1 amide bonds. The largest absolute Gasteiger partial charge is 0.370 e. The van der Waals surface area contributed by atoms with E-state index in [2.05, 4.69) is 25.3 Å². The van der Waals surface area contributed by atoms with Crippen LogP contribution < -0.4 is 15.9 Å². The number of H-pyrrole nitrogens is 2. The van der Waals surface area contributed by atoms with Crippen molar-refractivity contribution in [2.45, 2.75) is 33.1 Å². The summed E-state index contributed by atoms with van der Waals surface area (Å²) in [5, 5.41) is 6.94. The molecule has 4 rings (SSSR count). The molecule has 0 radical (unpaired) electrons. The molecule has 1 aliphatic heterocycles. The summed E-state index contributed by atoms with van der Waals surface area (Å²) in [6.45, 7) is 5.51. The van der Waals surface area contributed by atoms with Crippen LogP contribution in [0.25, 0.3) is 11.0 Å². The van der Waals surface area contributed by atoms with E-state index in [1.165, 1.54) is 0 Å². The summed E-state index contributed by atoms with van der Waals surface area (Å²) >= 11 is 0. The van der Waals surface area contributed by atoms with Gasteiger partial charge in [0, 0.05) is 13.1 Å². The lowest BCUT2D eigenvalue weighted by Crippen LogP contribution is -2.21. The van der Waals surface area contributed by atoms with Crippen molar-refractivity contribution in [3.8, 4) is 0 Å². The van der Waals surface area contributed by atoms with Gasteiger partial charge in [-0.2, -0.15) is 0 Å². The number of fused-ring (bicyclic) bond motifs is 1. The number of carbonyl (C=O) groups excluding carboxylic acids is 1. The molecule has 1 saturated heterocycles. The summed E-state index contributed by atoms with van der Waals surface area (Å²) in [6, 6.07) is 3.71. The van der Waals surface area contributed by atoms with E-state index in [-0.39, 0.29) is 11.6 Å². The molecule has 136 valence electrons. The van der Waals surface area contributed by atoms with Crippen LogP contribution in [-0.4, -0.2) is 34.1 Å². The standard InChI is InChI=1S/C18H21N5O3/c1-3-11-16(10(2)26-22-11)17(24)19-14-8-12-13(21-18(25)20-12)9-15(14)23-6-4-5-7-23/h8-9H,3-7H2,1-2H3,(H,19,24)(H2,20,21,25). The number of nitrogens with zero attached hydrogens (tertiary/aromatic N) is 2.